The van der Waals surface area contributed by atoms with Crippen LogP contribution in [0.15, 0.2) is 78.9 Å². The maximum atomic E-state index is 11.9. The van der Waals surface area contributed by atoms with Crippen LogP contribution in [0.25, 0.3) is 0 Å². The molecule has 0 aliphatic carbocycles. The Morgan fingerprint density at radius 1 is 0.875 bits per heavy atom. The Morgan fingerprint density at radius 2 is 1.50 bits per heavy atom. The number of aliphatic hydroxyl groups is 2. The van der Waals surface area contributed by atoms with Crippen LogP contribution in [-0.4, -0.2) is 36.1 Å². The minimum atomic E-state index is -1.24. The molecule has 7 heteroatoms. The number of carbonyl (C=O) groups is 1. The first-order chi connectivity index (χ1) is 15.6. The summed E-state index contributed by atoms with van der Waals surface area (Å²) in [6, 6.07) is 23.8. The lowest BCUT2D eigenvalue weighted by Crippen LogP contribution is -2.35. The minimum absolute atomic E-state index is 0.117. The largest absolute Gasteiger partial charge is 0.493 e. The van der Waals surface area contributed by atoms with Crippen molar-refractivity contribution in [3.8, 4) is 11.5 Å². The summed E-state index contributed by atoms with van der Waals surface area (Å²) in [5.74, 6) is 0.948. The summed E-state index contributed by atoms with van der Waals surface area (Å²) >= 11 is 0. The fraction of sp³-hybridized carbons (Fsp3) is 0.240. The molecule has 0 saturated heterocycles. The molecule has 0 aliphatic heterocycles. The lowest BCUT2D eigenvalue weighted by molar-refractivity contribution is 0.0182. The molecule has 0 aliphatic rings. The predicted molar refractivity (Wildman–Crippen MR) is 119 cm³/mol. The van der Waals surface area contributed by atoms with Gasteiger partial charge in [0.1, 0.15) is 25.4 Å². The second kappa shape index (κ2) is 11.7. The lowest BCUT2D eigenvalue weighted by Gasteiger charge is -2.20. The van der Waals surface area contributed by atoms with Gasteiger partial charge in [0.15, 0.2) is 11.5 Å². The van der Waals surface area contributed by atoms with Crippen LogP contribution in [0.1, 0.15) is 22.8 Å². The second-order valence-electron chi connectivity index (χ2n) is 7.14. The molecule has 3 N–H and O–H groups in total. The van der Waals surface area contributed by atoms with Gasteiger partial charge in [-0.3, -0.25) is 0 Å². The van der Waals surface area contributed by atoms with Gasteiger partial charge in [-0.1, -0.05) is 66.7 Å². The van der Waals surface area contributed by atoms with E-state index in [1.54, 1.807) is 18.2 Å². The number of amides is 1. The third kappa shape index (κ3) is 6.73. The number of aliphatic hydroxyl groups excluding tert-OH is 2. The number of carbonyl (C=O) groups excluding carboxylic acids is 1. The number of alkyl carbamates (subject to hydrolysis) is 1. The summed E-state index contributed by atoms with van der Waals surface area (Å²) in [4.78, 5) is 11.9. The molecule has 7 nitrogen and oxygen atoms in total. The molecule has 32 heavy (non-hydrogen) atoms. The normalized spacial score (nSPS) is 12.5. The van der Waals surface area contributed by atoms with E-state index in [1.807, 2.05) is 60.7 Å². The monoisotopic (exact) mass is 437 g/mol. The van der Waals surface area contributed by atoms with Crippen molar-refractivity contribution >= 4 is 6.09 Å². The number of hydrogen-bond acceptors (Lipinski definition) is 6. The van der Waals surface area contributed by atoms with Gasteiger partial charge in [0, 0.05) is 6.54 Å². The highest BCUT2D eigenvalue weighted by molar-refractivity contribution is 5.67. The fourth-order valence-corrected chi connectivity index (χ4v) is 3.02. The zero-order valence-electron chi connectivity index (χ0n) is 17.8. The maximum Gasteiger partial charge on any atom is 0.407 e. The van der Waals surface area contributed by atoms with Crippen molar-refractivity contribution in [2.24, 2.45) is 0 Å². The SMILES string of the molecule is COc1ccc(C(O)C(O)CNC(=O)OCc2ccccc2)cc1OCc1ccccc1. The lowest BCUT2D eigenvalue weighted by atomic mass is 10.0. The van der Waals surface area contributed by atoms with E-state index in [4.69, 9.17) is 14.2 Å². The van der Waals surface area contributed by atoms with E-state index in [1.165, 1.54) is 7.11 Å². The predicted octanol–water partition coefficient (Wildman–Crippen LogP) is 3.59. The molecule has 3 aromatic rings. The van der Waals surface area contributed by atoms with Gasteiger partial charge in [-0.25, -0.2) is 4.79 Å². The van der Waals surface area contributed by atoms with Crippen molar-refractivity contribution < 1.29 is 29.2 Å². The standard InChI is InChI=1S/C25H27NO6/c1-30-22-13-12-20(14-23(22)31-16-18-8-4-2-5-9-18)24(28)21(27)15-26-25(29)32-17-19-10-6-3-7-11-19/h2-14,21,24,27-28H,15-17H2,1H3,(H,26,29). The fourth-order valence-electron chi connectivity index (χ4n) is 3.02. The molecule has 0 radical (unpaired) electrons. The molecule has 1 amide bonds. The molecule has 0 aromatic heterocycles. The zero-order valence-corrected chi connectivity index (χ0v) is 17.8. The summed E-state index contributed by atoms with van der Waals surface area (Å²) in [7, 11) is 1.53. The molecule has 2 atom stereocenters. The molecule has 0 saturated carbocycles. The molecular weight excluding hydrogens is 410 g/mol. The Morgan fingerprint density at radius 3 is 2.12 bits per heavy atom. The molecule has 0 bridgehead atoms. The van der Waals surface area contributed by atoms with Crippen molar-refractivity contribution in [2.45, 2.75) is 25.4 Å². The van der Waals surface area contributed by atoms with Crippen LogP contribution in [0, 0.1) is 0 Å². The Hall–Kier alpha value is -3.55. The van der Waals surface area contributed by atoms with E-state index in [9.17, 15) is 15.0 Å². The van der Waals surface area contributed by atoms with Gasteiger partial charge in [0.25, 0.3) is 0 Å². The van der Waals surface area contributed by atoms with Crippen LogP contribution in [-0.2, 0) is 18.0 Å². The quantitative estimate of drug-likeness (QED) is 0.449. The van der Waals surface area contributed by atoms with Crippen molar-refractivity contribution in [3.63, 3.8) is 0 Å². The molecular formula is C25H27NO6. The van der Waals surface area contributed by atoms with Crippen molar-refractivity contribution in [1.82, 2.24) is 5.32 Å². The van der Waals surface area contributed by atoms with E-state index in [-0.39, 0.29) is 13.2 Å². The molecule has 0 heterocycles. The first kappa shape index (κ1) is 23.1. The topological polar surface area (TPSA) is 97.2 Å². The third-order valence-corrected chi connectivity index (χ3v) is 4.80. The summed E-state index contributed by atoms with van der Waals surface area (Å²) in [5, 5.41) is 23.3. The van der Waals surface area contributed by atoms with Crippen molar-refractivity contribution in [3.05, 3.63) is 95.6 Å². The summed E-state index contributed by atoms with van der Waals surface area (Å²) in [6.07, 6.45) is -3.16. The number of ether oxygens (including phenoxy) is 3. The summed E-state index contributed by atoms with van der Waals surface area (Å²) in [5.41, 5.74) is 2.27. The first-order valence-corrected chi connectivity index (χ1v) is 10.2. The van der Waals surface area contributed by atoms with Crippen LogP contribution in [0.2, 0.25) is 0 Å². The molecule has 168 valence electrons. The Kier molecular flexibility index (Phi) is 8.48. The number of hydrogen-bond donors (Lipinski definition) is 3. The molecule has 0 fully saturated rings. The van der Waals surface area contributed by atoms with E-state index in [0.717, 1.165) is 11.1 Å². The average Bonchev–Trinajstić information content (AvgIpc) is 2.85. The van der Waals surface area contributed by atoms with Gasteiger partial charge in [-0.2, -0.15) is 0 Å². The third-order valence-electron chi connectivity index (χ3n) is 4.80. The second-order valence-corrected chi connectivity index (χ2v) is 7.14. The van der Waals surface area contributed by atoms with E-state index in [2.05, 4.69) is 5.32 Å². The van der Waals surface area contributed by atoms with Crippen molar-refractivity contribution in [2.75, 3.05) is 13.7 Å². The van der Waals surface area contributed by atoms with Gasteiger partial charge in [0.05, 0.1) is 7.11 Å². The van der Waals surface area contributed by atoms with Gasteiger partial charge in [-0.15, -0.1) is 0 Å². The highest BCUT2D eigenvalue weighted by Gasteiger charge is 2.21. The molecule has 3 rings (SSSR count). The van der Waals surface area contributed by atoms with Crippen molar-refractivity contribution in [1.29, 1.82) is 0 Å². The number of nitrogens with one attached hydrogen (secondary N) is 1. The van der Waals surface area contributed by atoms with Gasteiger partial charge in [-0.05, 0) is 28.8 Å². The van der Waals surface area contributed by atoms with Gasteiger partial charge in [0.2, 0.25) is 0 Å². The Labute approximate surface area is 187 Å². The van der Waals surface area contributed by atoms with Crippen LogP contribution in [0.3, 0.4) is 0 Å². The van der Waals surface area contributed by atoms with E-state index in [0.29, 0.717) is 23.7 Å². The van der Waals surface area contributed by atoms with Crippen LogP contribution in [0.5, 0.6) is 11.5 Å². The summed E-state index contributed by atoms with van der Waals surface area (Å²) in [6.45, 7) is 0.265. The Balaban J connectivity index is 1.54. The Bertz CT molecular complexity index is 980. The highest BCUT2D eigenvalue weighted by atomic mass is 16.5. The highest BCUT2D eigenvalue weighted by Crippen LogP contribution is 2.32. The average molecular weight is 437 g/mol. The van der Waals surface area contributed by atoms with E-state index < -0.39 is 18.3 Å². The smallest absolute Gasteiger partial charge is 0.407 e. The van der Waals surface area contributed by atoms with E-state index >= 15 is 0 Å². The van der Waals surface area contributed by atoms with Crippen LogP contribution in [0.4, 0.5) is 4.79 Å². The first-order valence-electron chi connectivity index (χ1n) is 10.2. The minimum Gasteiger partial charge on any atom is -0.493 e. The number of rotatable bonds is 10. The zero-order chi connectivity index (χ0) is 22.8. The van der Waals surface area contributed by atoms with Crippen LogP contribution < -0.4 is 14.8 Å². The number of methoxy groups -OCH3 is 1. The van der Waals surface area contributed by atoms with Gasteiger partial charge < -0.3 is 29.7 Å². The maximum absolute atomic E-state index is 11.9. The molecule has 3 aromatic carbocycles. The molecule has 2 unspecified atom stereocenters. The van der Waals surface area contributed by atoms with Crippen LogP contribution >= 0.6 is 0 Å². The number of benzene rings is 3. The van der Waals surface area contributed by atoms with Gasteiger partial charge >= 0.3 is 6.09 Å². The molecule has 0 spiro atoms. The summed E-state index contributed by atoms with van der Waals surface area (Å²) < 4.78 is 16.3.